The minimum Gasteiger partial charge on any atom is -0.429 e. The van der Waals surface area contributed by atoms with E-state index in [0.717, 1.165) is 64.4 Å². The van der Waals surface area contributed by atoms with E-state index in [9.17, 15) is 4.79 Å². The molecule has 5 rings (SSSR count). The molecule has 5 aromatic rings. The maximum absolute atomic E-state index is 12.3. The Morgan fingerprint density at radius 1 is 0.659 bits per heavy atom. The second kappa shape index (κ2) is 14.4. The molecule has 0 saturated heterocycles. The Kier molecular flexibility index (Phi) is 9.98. The van der Waals surface area contributed by atoms with E-state index in [4.69, 9.17) is 9.47 Å². The first-order valence-corrected chi connectivity index (χ1v) is 15.2. The second-order valence-corrected chi connectivity index (χ2v) is 11.5. The number of para-hydroxylation sites is 2. The third-order valence-corrected chi connectivity index (χ3v) is 7.46. The molecule has 5 aromatic carbocycles. The zero-order valence-corrected chi connectivity index (χ0v) is 25.7. The molecule has 0 unspecified atom stereocenters. The molecule has 5 nitrogen and oxygen atoms in total. The number of nitrogens with one attached hydrogen (secondary N) is 1. The molecule has 0 aromatic heterocycles. The summed E-state index contributed by atoms with van der Waals surface area (Å²) in [4.78, 5) is 14.5. The number of rotatable bonds is 12. The van der Waals surface area contributed by atoms with E-state index in [1.807, 2.05) is 62.4 Å². The van der Waals surface area contributed by atoms with Gasteiger partial charge in [-0.2, -0.15) is 0 Å². The van der Waals surface area contributed by atoms with Crippen molar-refractivity contribution >= 4 is 34.6 Å². The van der Waals surface area contributed by atoms with E-state index in [0.29, 0.717) is 0 Å². The Balaban J connectivity index is 1.28. The van der Waals surface area contributed by atoms with Crippen molar-refractivity contribution in [2.24, 2.45) is 0 Å². The molecule has 44 heavy (non-hydrogen) atoms. The van der Waals surface area contributed by atoms with Gasteiger partial charge in [0.25, 0.3) is 0 Å². The number of anilines is 5. The predicted octanol–water partition coefficient (Wildman–Crippen LogP) is 11.2. The normalized spacial score (nSPS) is 11.1. The molecule has 0 saturated carbocycles. The first-order chi connectivity index (χ1) is 21.4. The van der Waals surface area contributed by atoms with Crippen molar-refractivity contribution in [3.05, 3.63) is 139 Å². The quantitative estimate of drug-likeness (QED) is 0.148. The fraction of sp³-hybridized carbons (Fsp3) is 0.205. The van der Waals surface area contributed by atoms with Crippen molar-refractivity contribution in [1.82, 2.24) is 0 Å². The lowest BCUT2D eigenvalue weighted by Gasteiger charge is -2.26. The fourth-order valence-electron chi connectivity index (χ4n) is 5.05. The van der Waals surface area contributed by atoms with Gasteiger partial charge >= 0.3 is 6.16 Å². The Hall–Kier alpha value is -5.03. The minimum atomic E-state index is -0.636. The molecule has 0 heterocycles. The third kappa shape index (κ3) is 8.29. The van der Waals surface area contributed by atoms with E-state index >= 15 is 0 Å². The summed E-state index contributed by atoms with van der Waals surface area (Å²) in [5.41, 5.74) is 7.87. The van der Waals surface area contributed by atoms with Gasteiger partial charge in [0, 0.05) is 28.4 Å². The van der Waals surface area contributed by atoms with Crippen LogP contribution in [-0.2, 0) is 16.1 Å². The van der Waals surface area contributed by atoms with Crippen molar-refractivity contribution in [1.29, 1.82) is 0 Å². The molecular weight excluding hydrogens is 544 g/mol. The first-order valence-electron chi connectivity index (χ1n) is 15.2. The van der Waals surface area contributed by atoms with Crippen LogP contribution < -0.4 is 10.2 Å². The highest BCUT2D eigenvalue weighted by Gasteiger charge is 2.23. The van der Waals surface area contributed by atoms with Gasteiger partial charge in [0.2, 0.25) is 0 Å². The van der Waals surface area contributed by atoms with Crippen LogP contribution in [0.15, 0.2) is 133 Å². The van der Waals surface area contributed by atoms with Gasteiger partial charge in [-0.1, -0.05) is 86.1 Å². The highest BCUT2D eigenvalue weighted by atomic mass is 16.7. The summed E-state index contributed by atoms with van der Waals surface area (Å²) in [6, 6.07) is 45.6. The molecule has 224 valence electrons. The van der Waals surface area contributed by atoms with Crippen LogP contribution >= 0.6 is 0 Å². The van der Waals surface area contributed by atoms with Crippen LogP contribution in [-0.4, -0.2) is 11.8 Å². The molecule has 0 atom stereocenters. The number of hydrogen-bond acceptors (Lipinski definition) is 5. The molecule has 0 radical (unpaired) electrons. The number of unbranched alkanes of at least 4 members (excludes halogenated alkanes) is 1. The smallest absolute Gasteiger partial charge is 0.429 e. The fourth-order valence-corrected chi connectivity index (χ4v) is 5.05. The zero-order chi connectivity index (χ0) is 30.8. The van der Waals surface area contributed by atoms with Crippen LogP contribution in [0.3, 0.4) is 0 Å². The number of nitrogens with zero attached hydrogens (tertiary/aromatic N) is 1. The molecule has 0 bridgehead atoms. The average molecular weight is 585 g/mol. The van der Waals surface area contributed by atoms with E-state index < -0.39 is 11.8 Å². The standard InChI is InChI=1S/C39H40N2O3/c1-4-5-28-39(2,3)44-38(42)43-29-30-16-24-36(25-17-30)41(35-14-10-7-11-15-35)37-26-20-32(21-27-37)31-18-22-34(23-19-31)40-33-12-8-6-9-13-33/h6-27,40H,4-5,28-29H2,1-3H3. The van der Waals surface area contributed by atoms with Crippen LogP contribution in [0.2, 0.25) is 0 Å². The van der Waals surface area contributed by atoms with Crippen LogP contribution in [0.5, 0.6) is 0 Å². The third-order valence-electron chi connectivity index (χ3n) is 7.46. The predicted molar refractivity (Wildman–Crippen MR) is 181 cm³/mol. The number of benzene rings is 5. The molecule has 1 N–H and O–H groups in total. The van der Waals surface area contributed by atoms with Gasteiger partial charge in [0.05, 0.1) is 0 Å². The zero-order valence-electron chi connectivity index (χ0n) is 25.7. The number of carbonyl (C=O) groups is 1. The minimum absolute atomic E-state index is 0.155. The van der Waals surface area contributed by atoms with Crippen LogP contribution in [0.1, 0.15) is 45.6 Å². The van der Waals surface area contributed by atoms with Gasteiger partial charge < -0.3 is 19.7 Å². The topological polar surface area (TPSA) is 50.8 Å². The SMILES string of the molecule is CCCCC(C)(C)OC(=O)OCc1ccc(N(c2ccccc2)c2ccc(-c3ccc(Nc4ccccc4)cc3)cc2)cc1. The van der Waals surface area contributed by atoms with Gasteiger partial charge in [0.1, 0.15) is 12.2 Å². The van der Waals surface area contributed by atoms with E-state index in [1.54, 1.807) is 0 Å². The first kappa shape index (κ1) is 30.4. The Morgan fingerprint density at radius 3 is 1.75 bits per heavy atom. The molecule has 0 aliphatic rings. The largest absolute Gasteiger partial charge is 0.509 e. The highest BCUT2D eigenvalue weighted by molar-refractivity contribution is 5.78. The lowest BCUT2D eigenvalue weighted by Crippen LogP contribution is -2.28. The van der Waals surface area contributed by atoms with Gasteiger partial charge in [-0.25, -0.2) is 4.79 Å². The molecule has 0 amide bonds. The van der Waals surface area contributed by atoms with Crippen LogP contribution in [0.4, 0.5) is 33.2 Å². The summed E-state index contributed by atoms with van der Waals surface area (Å²) < 4.78 is 11.0. The summed E-state index contributed by atoms with van der Waals surface area (Å²) in [6.07, 6.45) is 2.23. The summed E-state index contributed by atoms with van der Waals surface area (Å²) in [6.45, 7) is 6.12. The number of carbonyl (C=O) groups excluding carboxylic acids is 1. The molecule has 0 aliphatic carbocycles. The maximum atomic E-state index is 12.3. The summed E-state index contributed by atoms with van der Waals surface area (Å²) >= 11 is 0. The van der Waals surface area contributed by atoms with E-state index in [1.165, 1.54) is 0 Å². The molecule has 5 heteroatoms. The second-order valence-electron chi connectivity index (χ2n) is 11.5. The Morgan fingerprint density at radius 2 is 1.16 bits per heavy atom. The van der Waals surface area contributed by atoms with Crippen molar-refractivity contribution in [2.45, 2.75) is 52.2 Å². The Labute approximate surface area is 261 Å². The van der Waals surface area contributed by atoms with Crippen LogP contribution in [0.25, 0.3) is 11.1 Å². The van der Waals surface area contributed by atoms with Crippen molar-refractivity contribution in [3.63, 3.8) is 0 Å². The molecule has 0 fully saturated rings. The van der Waals surface area contributed by atoms with Crippen molar-refractivity contribution in [3.8, 4) is 11.1 Å². The van der Waals surface area contributed by atoms with E-state index in [-0.39, 0.29) is 6.61 Å². The highest BCUT2D eigenvalue weighted by Crippen LogP contribution is 2.36. The lowest BCUT2D eigenvalue weighted by molar-refractivity contribution is -0.0244. The summed E-state index contributed by atoms with van der Waals surface area (Å²) in [7, 11) is 0. The monoisotopic (exact) mass is 584 g/mol. The number of hydrogen-bond donors (Lipinski definition) is 1. The molecule has 0 spiro atoms. The average Bonchev–Trinajstić information content (AvgIpc) is 3.05. The van der Waals surface area contributed by atoms with Crippen molar-refractivity contribution < 1.29 is 14.3 Å². The molecular formula is C39H40N2O3. The van der Waals surface area contributed by atoms with E-state index in [2.05, 4.69) is 102 Å². The van der Waals surface area contributed by atoms with Gasteiger partial charge in [-0.15, -0.1) is 0 Å². The lowest BCUT2D eigenvalue weighted by atomic mass is 10.0. The Bertz CT molecular complexity index is 1600. The molecule has 0 aliphatic heterocycles. The van der Waals surface area contributed by atoms with Crippen LogP contribution in [0, 0.1) is 0 Å². The van der Waals surface area contributed by atoms with Gasteiger partial charge in [0.15, 0.2) is 0 Å². The summed E-state index contributed by atoms with van der Waals surface area (Å²) in [5, 5.41) is 3.44. The van der Waals surface area contributed by atoms with Crippen molar-refractivity contribution in [2.75, 3.05) is 10.2 Å². The van der Waals surface area contributed by atoms with Gasteiger partial charge in [-0.3, -0.25) is 0 Å². The number of ether oxygens (including phenoxy) is 2. The van der Waals surface area contributed by atoms with Gasteiger partial charge in [-0.05, 0) is 104 Å². The maximum Gasteiger partial charge on any atom is 0.509 e. The summed E-state index contributed by atoms with van der Waals surface area (Å²) in [5.74, 6) is 0.